The lowest BCUT2D eigenvalue weighted by Crippen LogP contribution is -2.27. The van der Waals surface area contributed by atoms with Crippen molar-refractivity contribution in [2.45, 2.75) is 25.9 Å². The van der Waals surface area contributed by atoms with Crippen molar-refractivity contribution in [1.29, 1.82) is 0 Å². The Morgan fingerprint density at radius 1 is 1.50 bits per heavy atom. The van der Waals surface area contributed by atoms with Crippen molar-refractivity contribution in [1.82, 2.24) is 0 Å². The second-order valence-corrected chi connectivity index (χ2v) is 3.76. The summed E-state index contributed by atoms with van der Waals surface area (Å²) in [7, 11) is 1.49. The summed E-state index contributed by atoms with van der Waals surface area (Å²) in [5, 5.41) is 8.99. The van der Waals surface area contributed by atoms with Gasteiger partial charge in [-0.15, -0.1) is 0 Å². The Bertz CT molecular complexity index is 427. The number of carbonyl (C=O) groups is 2. The average molecular weight is 252 g/mol. The number of rotatable bonds is 7. The summed E-state index contributed by atoms with van der Waals surface area (Å²) in [6.45, 7) is 1.87. The molecular formula is C13H16O5. The van der Waals surface area contributed by atoms with E-state index in [0.29, 0.717) is 24.9 Å². The Morgan fingerprint density at radius 3 is 2.72 bits per heavy atom. The molecule has 1 aromatic rings. The molecule has 0 radical (unpaired) electrons. The van der Waals surface area contributed by atoms with E-state index in [-0.39, 0.29) is 11.3 Å². The van der Waals surface area contributed by atoms with Crippen molar-refractivity contribution in [2.24, 2.45) is 0 Å². The van der Waals surface area contributed by atoms with Gasteiger partial charge in [0.1, 0.15) is 11.5 Å². The van der Waals surface area contributed by atoms with Crippen LogP contribution in [0.3, 0.4) is 0 Å². The molecule has 1 unspecified atom stereocenters. The maximum Gasteiger partial charge on any atom is 0.344 e. The summed E-state index contributed by atoms with van der Waals surface area (Å²) >= 11 is 0. The Hall–Kier alpha value is -2.04. The van der Waals surface area contributed by atoms with E-state index in [2.05, 4.69) is 0 Å². The van der Waals surface area contributed by atoms with Gasteiger partial charge in [-0.2, -0.15) is 0 Å². The van der Waals surface area contributed by atoms with Crippen LogP contribution in [-0.2, 0) is 4.79 Å². The molecule has 5 nitrogen and oxygen atoms in total. The maximum atomic E-state index is 11.0. The predicted molar refractivity (Wildman–Crippen MR) is 65.3 cm³/mol. The Morgan fingerprint density at radius 2 is 2.22 bits per heavy atom. The molecule has 0 fully saturated rings. The van der Waals surface area contributed by atoms with E-state index < -0.39 is 12.1 Å². The van der Waals surface area contributed by atoms with Crippen LogP contribution in [0.2, 0.25) is 0 Å². The summed E-state index contributed by atoms with van der Waals surface area (Å²) in [4.78, 5) is 21.9. The zero-order chi connectivity index (χ0) is 13.5. The Kier molecular flexibility index (Phi) is 5.17. The third kappa shape index (κ3) is 3.48. The molecule has 0 saturated carbocycles. The molecule has 1 rings (SSSR count). The molecule has 1 N–H and O–H groups in total. The molecule has 0 amide bonds. The molecule has 18 heavy (non-hydrogen) atoms. The monoisotopic (exact) mass is 252 g/mol. The fourth-order valence-corrected chi connectivity index (χ4v) is 1.50. The van der Waals surface area contributed by atoms with Gasteiger partial charge in [0.05, 0.1) is 12.7 Å². The molecule has 5 heteroatoms. The molecule has 0 aliphatic rings. The molecule has 1 atom stereocenters. The van der Waals surface area contributed by atoms with Crippen LogP contribution in [0.25, 0.3) is 0 Å². The summed E-state index contributed by atoms with van der Waals surface area (Å²) in [6, 6.07) is 4.66. The molecule has 98 valence electrons. The lowest BCUT2D eigenvalue weighted by atomic mass is 10.2. The van der Waals surface area contributed by atoms with Crippen molar-refractivity contribution in [3.63, 3.8) is 0 Å². The predicted octanol–water partition coefficient (Wildman–Crippen LogP) is 2.14. The van der Waals surface area contributed by atoms with Crippen LogP contribution >= 0.6 is 0 Å². The first-order chi connectivity index (χ1) is 8.62. The average Bonchev–Trinajstić information content (AvgIpc) is 2.38. The van der Waals surface area contributed by atoms with Gasteiger partial charge in [-0.05, 0) is 24.6 Å². The van der Waals surface area contributed by atoms with Crippen LogP contribution in [0.1, 0.15) is 30.1 Å². The minimum atomic E-state index is -1.04. The second-order valence-electron chi connectivity index (χ2n) is 3.76. The van der Waals surface area contributed by atoms with Crippen LogP contribution in [0, 0.1) is 0 Å². The molecule has 0 heterocycles. The highest BCUT2D eigenvalue weighted by Gasteiger charge is 2.19. The fourth-order valence-electron chi connectivity index (χ4n) is 1.50. The number of carbonyl (C=O) groups excluding carboxylic acids is 1. The number of aldehydes is 1. The highest BCUT2D eigenvalue weighted by molar-refractivity contribution is 5.81. The molecule has 0 aromatic heterocycles. The quantitative estimate of drug-likeness (QED) is 0.752. The molecule has 0 spiro atoms. The SMILES string of the molecule is CCCC(Oc1ccc(OC)cc1C=O)C(=O)O. The van der Waals surface area contributed by atoms with E-state index in [4.69, 9.17) is 14.6 Å². The summed E-state index contributed by atoms with van der Waals surface area (Å²) in [6.07, 6.45) is 0.744. The van der Waals surface area contributed by atoms with Gasteiger partial charge >= 0.3 is 5.97 Å². The van der Waals surface area contributed by atoms with Gasteiger partial charge in [0.25, 0.3) is 0 Å². The van der Waals surface area contributed by atoms with E-state index in [1.807, 2.05) is 6.92 Å². The van der Waals surface area contributed by atoms with Gasteiger partial charge in [-0.1, -0.05) is 13.3 Å². The summed E-state index contributed by atoms with van der Waals surface area (Å²) in [5.41, 5.74) is 0.275. The highest BCUT2D eigenvalue weighted by atomic mass is 16.5. The first-order valence-corrected chi connectivity index (χ1v) is 5.65. The zero-order valence-corrected chi connectivity index (χ0v) is 10.4. The number of aliphatic carboxylic acids is 1. The molecule has 1 aromatic carbocycles. The van der Waals surface area contributed by atoms with Gasteiger partial charge in [-0.25, -0.2) is 4.79 Å². The molecule has 0 aliphatic carbocycles. The van der Waals surface area contributed by atoms with Crippen LogP contribution in [0.4, 0.5) is 0 Å². The molecule has 0 bridgehead atoms. The van der Waals surface area contributed by atoms with Crippen molar-refractivity contribution >= 4 is 12.3 Å². The van der Waals surface area contributed by atoms with Crippen LogP contribution in [-0.4, -0.2) is 30.6 Å². The van der Waals surface area contributed by atoms with Gasteiger partial charge in [-0.3, -0.25) is 4.79 Å². The smallest absolute Gasteiger partial charge is 0.344 e. The standard InChI is InChI=1S/C13H16O5/c1-3-4-12(13(15)16)18-11-6-5-10(17-2)7-9(11)8-14/h5-8,12H,3-4H2,1-2H3,(H,15,16). The summed E-state index contributed by atoms with van der Waals surface area (Å²) in [5.74, 6) is -0.261. The van der Waals surface area contributed by atoms with Gasteiger partial charge in [0.15, 0.2) is 12.4 Å². The van der Waals surface area contributed by atoms with E-state index in [1.54, 1.807) is 6.07 Å². The minimum Gasteiger partial charge on any atom is -0.497 e. The first-order valence-electron chi connectivity index (χ1n) is 5.65. The number of hydrogen-bond donors (Lipinski definition) is 1. The van der Waals surface area contributed by atoms with E-state index >= 15 is 0 Å². The van der Waals surface area contributed by atoms with E-state index in [1.165, 1.54) is 19.2 Å². The normalized spacial score (nSPS) is 11.7. The van der Waals surface area contributed by atoms with Gasteiger partial charge in [0, 0.05) is 0 Å². The lowest BCUT2D eigenvalue weighted by molar-refractivity contribution is -0.145. The number of methoxy groups -OCH3 is 1. The van der Waals surface area contributed by atoms with Gasteiger partial charge < -0.3 is 14.6 Å². The number of hydrogen-bond acceptors (Lipinski definition) is 4. The molecule has 0 aliphatic heterocycles. The minimum absolute atomic E-state index is 0.256. The Balaban J connectivity index is 2.94. The summed E-state index contributed by atoms with van der Waals surface area (Å²) < 4.78 is 10.3. The van der Waals surface area contributed by atoms with Crippen LogP contribution in [0.5, 0.6) is 11.5 Å². The number of carboxylic acid groups (broad SMARTS) is 1. The number of benzene rings is 1. The highest BCUT2D eigenvalue weighted by Crippen LogP contribution is 2.24. The van der Waals surface area contributed by atoms with Crippen molar-refractivity contribution in [3.05, 3.63) is 23.8 Å². The fraction of sp³-hybridized carbons (Fsp3) is 0.385. The zero-order valence-electron chi connectivity index (χ0n) is 10.4. The number of ether oxygens (including phenoxy) is 2. The molecular weight excluding hydrogens is 236 g/mol. The third-order valence-electron chi connectivity index (χ3n) is 2.44. The van der Waals surface area contributed by atoms with Crippen molar-refractivity contribution < 1.29 is 24.2 Å². The van der Waals surface area contributed by atoms with E-state index in [9.17, 15) is 9.59 Å². The first kappa shape index (κ1) is 14.0. The van der Waals surface area contributed by atoms with Crippen molar-refractivity contribution in [3.8, 4) is 11.5 Å². The van der Waals surface area contributed by atoms with Crippen LogP contribution in [0.15, 0.2) is 18.2 Å². The van der Waals surface area contributed by atoms with E-state index in [0.717, 1.165) is 0 Å². The Labute approximate surface area is 105 Å². The molecule has 0 saturated heterocycles. The van der Waals surface area contributed by atoms with Gasteiger partial charge in [0.2, 0.25) is 0 Å². The lowest BCUT2D eigenvalue weighted by Gasteiger charge is -2.16. The number of carboxylic acids is 1. The second kappa shape index (κ2) is 6.64. The van der Waals surface area contributed by atoms with Crippen LogP contribution < -0.4 is 9.47 Å². The maximum absolute atomic E-state index is 11.0. The van der Waals surface area contributed by atoms with Crippen molar-refractivity contribution in [2.75, 3.05) is 7.11 Å². The largest absolute Gasteiger partial charge is 0.497 e. The topological polar surface area (TPSA) is 72.8 Å². The third-order valence-corrected chi connectivity index (χ3v) is 2.44.